The molecule has 0 saturated heterocycles. The Balaban J connectivity index is 1.70. The minimum Gasteiger partial charge on any atom is -0.312 e. The zero-order valence-electron chi connectivity index (χ0n) is 8.29. The van der Waals surface area contributed by atoms with Crippen LogP contribution in [0.25, 0.3) is 0 Å². The molecular weight excluding hydrogens is 172 g/mol. The molecule has 1 aromatic rings. The van der Waals surface area contributed by atoms with E-state index < -0.39 is 0 Å². The van der Waals surface area contributed by atoms with E-state index in [1.807, 2.05) is 0 Å². The average Bonchev–Trinajstić information content (AvgIpc) is 2.96. The number of hydrogen-bond donors (Lipinski definition) is 2. The third-order valence-corrected chi connectivity index (χ3v) is 3.16. The molecule has 0 spiro atoms. The summed E-state index contributed by atoms with van der Waals surface area (Å²) in [6, 6.07) is 10.1. The van der Waals surface area contributed by atoms with E-state index in [2.05, 4.69) is 34.9 Å². The van der Waals surface area contributed by atoms with Gasteiger partial charge in [0, 0.05) is 25.2 Å². The summed E-state index contributed by atoms with van der Waals surface area (Å²) in [5.41, 5.74) is 2.95. The second-order valence-corrected chi connectivity index (χ2v) is 4.31. The molecule has 1 saturated carbocycles. The lowest BCUT2D eigenvalue weighted by Crippen LogP contribution is -2.28. The first-order chi connectivity index (χ1) is 6.93. The summed E-state index contributed by atoms with van der Waals surface area (Å²) in [7, 11) is 0. The van der Waals surface area contributed by atoms with Gasteiger partial charge in [-0.15, -0.1) is 0 Å². The molecule has 2 N–H and O–H groups in total. The lowest BCUT2D eigenvalue weighted by molar-refractivity contribution is 0.522. The van der Waals surface area contributed by atoms with Gasteiger partial charge in [-0.3, -0.25) is 0 Å². The molecule has 0 aromatic heterocycles. The van der Waals surface area contributed by atoms with Crippen LogP contribution in [0.5, 0.6) is 0 Å². The Morgan fingerprint density at radius 1 is 1.29 bits per heavy atom. The summed E-state index contributed by atoms with van der Waals surface area (Å²) in [6.45, 7) is 2.12. The van der Waals surface area contributed by atoms with Crippen LogP contribution in [0.1, 0.15) is 30.0 Å². The Labute approximate surface area is 84.7 Å². The van der Waals surface area contributed by atoms with Crippen LogP contribution in [-0.4, -0.2) is 12.6 Å². The van der Waals surface area contributed by atoms with Gasteiger partial charge < -0.3 is 10.6 Å². The molecule has 2 nitrogen and oxygen atoms in total. The zero-order chi connectivity index (χ0) is 9.38. The lowest BCUT2D eigenvalue weighted by atomic mass is 10.1. The van der Waals surface area contributed by atoms with Crippen LogP contribution in [-0.2, 0) is 6.54 Å². The van der Waals surface area contributed by atoms with Crippen LogP contribution in [0, 0.1) is 0 Å². The molecule has 14 heavy (non-hydrogen) atoms. The van der Waals surface area contributed by atoms with Crippen LogP contribution < -0.4 is 10.6 Å². The minimum absolute atomic E-state index is 0.534. The maximum Gasteiger partial charge on any atom is 0.0452 e. The van der Waals surface area contributed by atoms with Gasteiger partial charge >= 0.3 is 0 Å². The molecule has 1 unspecified atom stereocenters. The van der Waals surface area contributed by atoms with Gasteiger partial charge in [0.15, 0.2) is 0 Å². The molecule has 74 valence electrons. The van der Waals surface area contributed by atoms with Gasteiger partial charge in [-0.05, 0) is 24.0 Å². The van der Waals surface area contributed by atoms with Crippen molar-refractivity contribution in [1.29, 1.82) is 0 Å². The summed E-state index contributed by atoms with van der Waals surface area (Å²) in [5, 5.41) is 7.12. The first kappa shape index (κ1) is 8.45. The standard InChI is InChI=1S/C12H16N2/c1-2-4-11-9(3-1)7-14-12(11)8-13-10-5-6-10/h1-4,10,12-14H,5-8H2. The summed E-state index contributed by atoms with van der Waals surface area (Å²) in [4.78, 5) is 0. The maximum atomic E-state index is 3.58. The fourth-order valence-electron chi connectivity index (χ4n) is 2.13. The normalized spacial score (nSPS) is 25.0. The van der Waals surface area contributed by atoms with Gasteiger partial charge in [-0.1, -0.05) is 24.3 Å². The number of benzene rings is 1. The fraction of sp³-hybridized carbons (Fsp3) is 0.500. The van der Waals surface area contributed by atoms with Crippen molar-refractivity contribution in [1.82, 2.24) is 10.6 Å². The highest BCUT2D eigenvalue weighted by Gasteiger charge is 2.25. The van der Waals surface area contributed by atoms with Crippen molar-refractivity contribution in [2.75, 3.05) is 6.54 Å². The Kier molecular flexibility index (Phi) is 2.03. The van der Waals surface area contributed by atoms with Crippen LogP contribution in [0.3, 0.4) is 0 Å². The SMILES string of the molecule is c1ccc2c(c1)CNC2CNC1CC1. The highest BCUT2D eigenvalue weighted by Crippen LogP contribution is 2.25. The van der Waals surface area contributed by atoms with E-state index in [1.165, 1.54) is 24.0 Å². The number of nitrogens with one attached hydrogen (secondary N) is 2. The molecule has 3 rings (SSSR count). The number of fused-ring (bicyclic) bond motifs is 1. The average molecular weight is 188 g/mol. The molecule has 0 amide bonds. The summed E-state index contributed by atoms with van der Waals surface area (Å²) in [5.74, 6) is 0. The molecular formula is C12H16N2. The lowest BCUT2D eigenvalue weighted by Gasteiger charge is -2.12. The van der Waals surface area contributed by atoms with Crippen molar-refractivity contribution in [2.45, 2.75) is 31.5 Å². The maximum absolute atomic E-state index is 3.58. The second-order valence-electron chi connectivity index (χ2n) is 4.31. The predicted molar refractivity (Wildman–Crippen MR) is 57.0 cm³/mol. The van der Waals surface area contributed by atoms with Crippen LogP contribution >= 0.6 is 0 Å². The highest BCUT2D eigenvalue weighted by molar-refractivity contribution is 5.33. The molecule has 1 aromatic carbocycles. The van der Waals surface area contributed by atoms with E-state index >= 15 is 0 Å². The van der Waals surface area contributed by atoms with E-state index in [1.54, 1.807) is 0 Å². The van der Waals surface area contributed by atoms with Crippen molar-refractivity contribution in [3.8, 4) is 0 Å². The third-order valence-electron chi connectivity index (χ3n) is 3.16. The van der Waals surface area contributed by atoms with Gasteiger partial charge in [0.1, 0.15) is 0 Å². The third kappa shape index (κ3) is 1.56. The molecule has 1 aliphatic carbocycles. The highest BCUT2D eigenvalue weighted by atomic mass is 15.0. The number of rotatable bonds is 3. The molecule has 0 radical (unpaired) electrons. The van der Waals surface area contributed by atoms with Crippen molar-refractivity contribution in [3.63, 3.8) is 0 Å². The van der Waals surface area contributed by atoms with E-state index in [0.29, 0.717) is 6.04 Å². The molecule has 1 fully saturated rings. The summed E-state index contributed by atoms with van der Waals surface area (Å²) >= 11 is 0. The molecule has 1 atom stereocenters. The van der Waals surface area contributed by atoms with Crippen molar-refractivity contribution in [3.05, 3.63) is 35.4 Å². The second kappa shape index (κ2) is 3.37. The molecule has 1 heterocycles. The summed E-state index contributed by atoms with van der Waals surface area (Å²) in [6.07, 6.45) is 2.74. The van der Waals surface area contributed by atoms with E-state index in [-0.39, 0.29) is 0 Å². The minimum atomic E-state index is 0.534. The van der Waals surface area contributed by atoms with Gasteiger partial charge in [0.25, 0.3) is 0 Å². The Bertz CT molecular complexity index is 331. The molecule has 0 bridgehead atoms. The fourth-order valence-corrected chi connectivity index (χ4v) is 2.13. The largest absolute Gasteiger partial charge is 0.312 e. The van der Waals surface area contributed by atoms with Crippen LogP contribution in [0.2, 0.25) is 0 Å². The summed E-state index contributed by atoms with van der Waals surface area (Å²) < 4.78 is 0. The monoisotopic (exact) mass is 188 g/mol. The van der Waals surface area contributed by atoms with Crippen LogP contribution in [0.4, 0.5) is 0 Å². The van der Waals surface area contributed by atoms with Gasteiger partial charge in [0.05, 0.1) is 0 Å². The predicted octanol–water partition coefficient (Wildman–Crippen LogP) is 1.58. The molecule has 2 aliphatic rings. The number of hydrogen-bond acceptors (Lipinski definition) is 2. The molecule has 2 heteroatoms. The van der Waals surface area contributed by atoms with Crippen molar-refractivity contribution < 1.29 is 0 Å². The topological polar surface area (TPSA) is 24.1 Å². The van der Waals surface area contributed by atoms with Crippen molar-refractivity contribution >= 4 is 0 Å². The first-order valence-corrected chi connectivity index (χ1v) is 5.48. The van der Waals surface area contributed by atoms with Crippen LogP contribution in [0.15, 0.2) is 24.3 Å². The van der Waals surface area contributed by atoms with E-state index in [9.17, 15) is 0 Å². The van der Waals surface area contributed by atoms with Gasteiger partial charge in [-0.25, -0.2) is 0 Å². The smallest absolute Gasteiger partial charge is 0.0452 e. The van der Waals surface area contributed by atoms with Gasteiger partial charge in [0.2, 0.25) is 0 Å². The van der Waals surface area contributed by atoms with Crippen molar-refractivity contribution in [2.24, 2.45) is 0 Å². The Morgan fingerprint density at radius 3 is 3.00 bits per heavy atom. The molecule has 1 aliphatic heterocycles. The van der Waals surface area contributed by atoms with E-state index in [4.69, 9.17) is 0 Å². The van der Waals surface area contributed by atoms with Gasteiger partial charge in [-0.2, -0.15) is 0 Å². The zero-order valence-corrected chi connectivity index (χ0v) is 8.29. The van der Waals surface area contributed by atoms with E-state index in [0.717, 1.165) is 19.1 Å². The Morgan fingerprint density at radius 2 is 2.14 bits per heavy atom. The Hall–Kier alpha value is -0.860. The first-order valence-electron chi connectivity index (χ1n) is 5.48. The quantitative estimate of drug-likeness (QED) is 0.752.